The van der Waals surface area contributed by atoms with Crippen molar-refractivity contribution >= 4 is 17.5 Å². The predicted octanol–water partition coefficient (Wildman–Crippen LogP) is 0.724. The highest BCUT2D eigenvalue weighted by Gasteiger charge is 2.31. The summed E-state index contributed by atoms with van der Waals surface area (Å²) in [6, 6.07) is 0. The van der Waals surface area contributed by atoms with Crippen LogP contribution < -0.4 is 0 Å². The lowest BCUT2D eigenvalue weighted by molar-refractivity contribution is -0.133. The molecule has 0 aromatic heterocycles. The molecule has 0 radical (unpaired) electrons. The Balaban J connectivity index is 1.87. The van der Waals surface area contributed by atoms with Crippen LogP contribution in [0.3, 0.4) is 0 Å². The fourth-order valence-corrected chi connectivity index (χ4v) is 2.53. The van der Waals surface area contributed by atoms with E-state index in [-0.39, 0.29) is 17.8 Å². The fourth-order valence-electron chi connectivity index (χ4n) is 1.67. The van der Waals surface area contributed by atoms with Crippen molar-refractivity contribution in [3.05, 3.63) is 0 Å². The molecule has 2 aliphatic rings. The van der Waals surface area contributed by atoms with Gasteiger partial charge in [-0.1, -0.05) is 0 Å². The molecule has 0 aliphatic carbocycles. The molecule has 2 aliphatic heterocycles. The van der Waals surface area contributed by atoms with E-state index in [9.17, 15) is 4.79 Å². The van der Waals surface area contributed by atoms with Crippen LogP contribution in [0.15, 0.2) is 0 Å². The highest BCUT2D eigenvalue weighted by Crippen LogP contribution is 2.21. The molecule has 0 amide bonds. The van der Waals surface area contributed by atoms with Crippen molar-refractivity contribution in [2.75, 3.05) is 31.3 Å². The van der Waals surface area contributed by atoms with Gasteiger partial charge in [-0.3, -0.25) is 4.79 Å². The number of thioether (sulfide) groups is 1. The molecule has 2 saturated heterocycles. The Morgan fingerprint density at radius 2 is 2.31 bits per heavy atom. The van der Waals surface area contributed by atoms with Crippen molar-refractivity contribution in [1.82, 2.24) is 0 Å². The van der Waals surface area contributed by atoms with Gasteiger partial charge in [0, 0.05) is 24.0 Å². The van der Waals surface area contributed by atoms with Crippen LogP contribution in [-0.4, -0.2) is 43.2 Å². The second kappa shape index (κ2) is 4.44. The van der Waals surface area contributed by atoms with Gasteiger partial charge in [0.1, 0.15) is 6.10 Å². The Kier molecular flexibility index (Phi) is 3.24. The zero-order valence-corrected chi connectivity index (χ0v) is 8.35. The monoisotopic (exact) mass is 202 g/mol. The van der Waals surface area contributed by atoms with Crippen LogP contribution in [0.2, 0.25) is 0 Å². The van der Waals surface area contributed by atoms with E-state index >= 15 is 0 Å². The van der Waals surface area contributed by atoms with E-state index in [1.165, 1.54) is 0 Å². The van der Waals surface area contributed by atoms with E-state index in [1.54, 1.807) is 11.8 Å². The Morgan fingerprint density at radius 1 is 1.38 bits per heavy atom. The Bertz CT molecular complexity index is 183. The van der Waals surface area contributed by atoms with Gasteiger partial charge in [-0.25, -0.2) is 0 Å². The van der Waals surface area contributed by atoms with Gasteiger partial charge in [-0.15, -0.1) is 0 Å². The minimum Gasteiger partial charge on any atom is -0.381 e. The van der Waals surface area contributed by atoms with E-state index in [1.807, 2.05) is 0 Å². The van der Waals surface area contributed by atoms with E-state index in [2.05, 4.69) is 0 Å². The van der Waals surface area contributed by atoms with Crippen LogP contribution in [0.5, 0.6) is 0 Å². The zero-order chi connectivity index (χ0) is 9.10. The molecule has 3 nitrogen and oxygen atoms in total. The second-order valence-corrected chi connectivity index (χ2v) is 4.55. The molecule has 2 rings (SSSR count). The molecule has 0 aromatic rings. The van der Waals surface area contributed by atoms with Crippen molar-refractivity contribution in [1.29, 1.82) is 0 Å². The largest absolute Gasteiger partial charge is 0.381 e. The highest BCUT2D eigenvalue weighted by atomic mass is 32.2. The maximum absolute atomic E-state index is 11.8. The SMILES string of the molecule is O=C(C1CCOC1)C1CSCCO1. The number of hydrogen-bond donors (Lipinski definition) is 0. The first kappa shape index (κ1) is 9.49. The Morgan fingerprint density at radius 3 is 2.92 bits per heavy atom. The smallest absolute Gasteiger partial charge is 0.167 e. The van der Waals surface area contributed by atoms with Crippen molar-refractivity contribution < 1.29 is 14.3 Å². The van der Waals surface area contributed by atoms with Crippen molar-refractivity contribution in [3.8, 4) is 0 Å². The maximum Gasteiger partial charge on any atom is 0.167 e. The summed E-state index contributed by atoms with van der Waals surface area (Å²) in [4.78, 5) is 11.8. The van der Waals surface area contributed by atoms with Gasteiger partial charge in [-0.2, -0.15) is 11.8 Å². The zero-order valence-electron chi connectivity index (χ0n) is 7.53. The lowest BCUT2D eigenvalue weighted by Crippen LogP contribution is -2.36. The molecule has 2 heterocycles. The van der Waals surface area contributed by atoms with Gasteiger partial charge < -0.3 is 9.47 Å². The molecule has 4 heteroatoms. The molecule has 0 spiro atoms. The lowest BCUT2D eigenvalue weighted by Gasteiger charge is -2.22. The molecule has 2 atom stereocenters. The quantitative estimate of drug-likeness (QED) is 0.661. The first-order valence-corrected chi connectivity index (χ1v) is 5.84. The van der Waals surface area contributed by atoms with Gasteiger partial charge in [0.15, 0.2) is 5.78 Å². The average Bonchev–Trinajstić information content (AvgIpc) is 2.71. The number of carbonyl (C=O) groups excluding carboxylic acids is 1. The number of ether oxygens (including phenoxy) is 2. The number of hydrogen-bond acceptors (Lipinski definition) is 4. The molecule has 2 unspecified atom stereocenters. The van der Waals surface area contributed by atoms with E-state index in [0.29, 0.717) is 13.2 Å². The predicted molar refractivity (Wildman–Crippen MR) is 51.0 cm³/mol. The lowest BCUT2D eigenvalue weighted by atomic mass is 10.00. The molecule has 13 heavy (non-hydrogen) atoms. The van der Waals surface area contributed by atoms with E-state index in [4.69, 9.17) is 9.47 Å². The molecule has 2 fully saturated rings. The molecular formula is C9H14O3S. The summed E-state index contributed by atoms with van der Waals surface area (Å²) in [7, 11) is 0. The summed E-state index contributed by atoms with van der Waals surface area (Å²) in [6.07, 6.45) is 0.717. The molecule has 0 bridgehead atoms. The first-order chi connectivity index (χ1) is 6.38. The summed E-state index contributed by atoms with van der Waals surface area (Å²) >= 11 is 1.80. The summed E-state index contributed by atoms with van der Waals surface area (Å²) in [6.45, 7) is 2.05. The van der Waals surface area contributed by atoms with Crippen LogP contribution in [0.4, 0.5) is 0 Å². The number of carbonyl (C=O) groups is 1. The van der Waals surface area contributed by atoms with Gasteiger partial charge >= 0.3 is 0 Å². The maximum atomic E-state index is 11.8. The Hall–Kier alpha value is -0.0600. The van der Waals surface area contributed by atoms with E-state index < -0.39 is 0 Å². The topological polar surface area (TPSA) is 35.5 Å². The van der Waals surface area contributed by atoms with Gasteiger partial charge in [-0.05, 0) is 6.42 Å². The summed E-state index contributed by atoms with van der Waals surface area (Å²) in [5.41, 5.74) is 0. The Labute approximate surface area is 82.2 Å². The number of rotatable bonds is 2. The van der Waals surface area contributed by atoms with Crippen LogP contribution in [0, 0.1) is 5.92 Å². The normalized spacial score (nSPS) is 34.8. The third-order valence-electron chi connectivity index (χ3n) is 2.47. The van der Waals surface area contributed by atoms with Crippen LogP contribution in [-0.2, 0) is 14.3 Å². The molecule has 0 aromatic carbocycles. The molecular weight excluding hydrogens is 188 g/mol. The van der Waals surface area contributed by atoms with Gasteiger partial charge in [0.05, 0.1) is 13.2 Å². The minimum atomic E-state index is -0.162. The van der Waals surface area contributed by atoms with Crippen molar-refractivity contribution in [2.45, 2.75) is 12.5 Å². The third kappa shape index (κ3) is 2.24. The minimum absolute atomic E-state index is 0.101. The third-order valence-corrected chi connectivity index (χ3v) is 3.46. The van der Waals surface area contributed by atoms with Gasteiger partial charge in [0.25, 0.3) is 0 Å². The van der Waals surface area contributed by atoms with Crippen LogP contribution in [0.1, 0.15) is 6.42 Å². The molecule has 74 valence electrons. The van der Waals surface area contributed by atoms with Crippen LogP contribution in [0.25, 0.3) is 0 Å². The average molecular weight is 202 g/mol. The number of ketones is 1. The van der Waals surface area contributed by atoms with Crippen molar-refractivity contribution in [3.63, 3.8) is 0 Å². The summed E-state index contributed by atoms with van der Waals surface area (Å²) in [5.74, 6) is 2.20. The van der Waals surface area contributed by atoms with Crippen LogP contribution >= 0.6 is 11.8 Å². The standard InChI is InChI=1S/C9H14O3S/c10-9(7-1-2-11-5-7)8-6-13-4-3-12-8/h7-8H,1-6H2. The molecule has 0 N–H and O–H groups in total. The summed E-state index contributed by atoms with van der Waals surface area (Å²) in [5, 5.41) is 0. The van der Waals surface area contributed by atoms with Gasteiger partial charge in [0.2, 0.25) is 0 Å². The number of Topliss-reactive ketones (excluding diaryl/α,β-unsaturated/α-hetero) is 1. The first-order valence-electron chi connectivity index (χ1n) is 4.69. The fraction of sp³-hybridized carbons (Fsp3) is 0.889. The molecule has 0 saturated carbocycles. The summed E-state index contributed by atoms with van der Waals surface area (Å²) < 4.78 is 10.6. The van der Waals surface area contributed by atoms with E-state index in [0.717, 1.165) is 24.5 Å². The van der Waals surface area contributed by atoms with Crippen molar-refractivity contribution in [2.24, 2.45) is 5.92 Å². The highest BCUT2D eigenvalue weighted by molar-refractivity contribution is 7.99. The second-order valence-electron chi connectivity index (χ2n) is 3.40.